The lowest BCUT2D eigenvalue weighted by atomic mass is 9.41. The largest absolute Gasteiger partial charge is 0.358 e. The first-order chi connectivity index (χ1) is 40.5. The lowest BCUT2D eigenvalue weighted by molar-refractivity contribution is -0.175. The second kappa shape index (κ2) is 12.1. The summed E-state index contributed by atoms with van der Waals surface area (Å²) in [6.45, 7) is 0. The molecule has 0 unspecified atom stereocenters. The van der Waals surface area contributed by atoms with Gasteiger partial charge in [-0.3, -0.25) is 0 Å². The molecule has 10 aromatic carbocycles. The number of benzene rings is 10. The summed E-state index contributed by atoms with van der Waals surface area (Å²) in [6.07, 6.45) is 9.51. The molecule has 10 aromatic rings. The van der Waals surface area contributed by atoms with E-state index in [2.05, 4.69) is 218 Å². The molecule has 388 valence electrons. The second-order valence-corrected chi connectivity index (χ2v) is 27.4. The third kappa shape index (κ3) is 3.47. The van der Waals surface area contributed by atoms with E-state index in [1.54, 1.807) is 0 Å². The highest BCUT2D eigenvalue weighted by atomic mass is 16.6. The molecule has 6 nitrogen and oxygen atoms in total. The summed E-state index contributed by atoms with van der Waals surface area (Å²) in [5.74, 6) is 1.53. The summed E-state index contributed by atoms with van der Waals surface area (Å²) in [5, 5.41) is 10.4. The Kier molecular flexibility index (Phi) is 6.13. The van der Waals surface area contributed by atoms with Crippen LogP contribution in [-0.2, 0) is 73.2 Å². The van der Waals surface area contributed by atoms with E-state index in [4.69, 9.17) is 28.4 Å². The van der Waals surface area contributed by atoms with E-state index in [1.807, 2.05) is 0 Å². The van der Waals surface area contributed by atoms with Gasteiger partial charge in [-0.2, -0.15) is 0 Å². The van der Waals surface area contributed by atoms with Crippen LogP contribution < -0.4 is 0 Å². The molecule has 8 spiro atoms. The first-order valence-electron chi connectivity index (χ1n) is 30.3. The van der Waals surface area contributed by atoms with Gasteiger partial charge in [-0.05, 0) is 122 Å². The molecule has 0 amide bonds. The quantitative estimate of drug-likeness (QED) is 0.141. The molecule has 0 N–H and O–H groups in total. The fourth-order valence-electron chi connectivity index (χ4n) is 24.5. The third-order valence-corrected chi connectivity index (χ3v) is 25.7. The minimum atomic E-state index is -0.530. The molecule has 12 aliphatic heterocycles. The van der Waals surface area contributed by atoms with Crippen molar-refractivity contribution in [1.29, 1.82) is 0 Å². The third-order valence-electron chi connectivity index (χ3n) is 25.7. The van der Waals surface area contributed by atoms with E-state index in [1.165, 1.54) is 110 Å². The highest BCUT2D eigenvalue weighted by Gasteiger charge is 2.94. The van der Waals surface area contributed by atoms with Crippen molar-refractivity contribution in [3.05, 3.63) is 285 Å². The fraction of sp³-hybridized carbons (Fsp3) is 0.263. The Morgan fingerprint density at radius 1 is 0.268 bits per heavy atom. The number of ether oxygens (including phenoxy) is 6. The molecule has 4 aliphatic carbocycles. The van der Waals surface area contributed by atoms with Crippen molar-refractivity contribution in [1.82, 2.24) is 0 Å². The summed E-state index contributed by atoms with van der Waals surface area (Å²) in [4.78, 5) is 0. The van der Waals surface area contributed by atoms with Crippen LogP contribution in [0.25, 0.3) is 43.1 Å². The molecule has 0 radical (unpaired) electrons. The van der Waals surface area contributed by atoms with Gasteiger partial charge in [-0.25, -0.2) is 0 Å². The van der Waals surface area contributed by atoms with Crippen molar-refractivity contribution >= 4 is 43.1 Å². The van der Waals surface area contributed by atoms with Gasteiger partial charge < -0.3 is 28.4 Å². The van der Waals surface area contributed by atoms with Crippen LogP contribution in [0.4, 0.5) is 0 Å². The van der Waals surface area contributed by atoms with Crippen LogP contribution in [-0.4, -0.2) is 12.2 Å². The first kappa shape index (κ1) is 41.5. The zero-order valence-electron chi connectivity index (χ0n) is 44.2. The standard InChI is InChI=1S/2C38H24O3/c2*1-2-12-22-21(11-1)32-31-34-36(22,40-32)24-14-4-9-20-10-6-16-26(29(20)24)37(34)30-27-17-18-35(39-27)23-13-3-7-19-8-5-15-25(28(19)23)38(31,41-37)33(30)35/h2*1-18,27,30-34H/t2*27-,30-,31-,32-,33-,34-,35-,36-,37-,38-/m10/s1. The van der Waals surface area contributed by atoms with Crippen molar-refractivity contribution < 1.29 is 28.4 Å². The lowest BCUT2D eigenvalue weighted by Crippen LogP contribution is -2.61. The maximum absolute atomic E-state index is 8.10. The van der Waals surface area contributed by atoms with Gasteiger partial charge in [0.15, 0.2) is 0 Å². The highest BCUT2D eigenvalue weighted by Crippen LogP contribution is 2.92. The molecule has 12 heterocycles. The van der Waals surface area contributed by atoms with Crippen LogP contribution in [0.3, 0.4) is 0 Å². The topological polar surface area (TPSA) is 55.4 Å². The predicted octanol–water partition coefficient (Wildman–Crippen LogP) is 14.2. The van der Waals surface area contributed by atoms with Gasteiger partial charge in [0, 0.05) is 47.3 Å². The summed E-state index contributed by atoms with van der Waals surface area (Å²) < 4.78 is 45.9. The summed E-state index contributed by atoms with van der Waals surface area (Å²) >= 11 is 0. The number of fused-ring (bicyclic) bond motifs is 12. The molecule has 82 heavy (non-hydrogen) atoms. The van der Waals surface area contributed by atoms with E-state index in [0.29, 0.717) is 0 Å². The SMILES string of the molecule is C1=C[C@@]23O[C@@H]1[C@H]1[C@@H]2[C@]2(O[C@@]14c1cccc5cccc(c15)[C@@]15O[C@@H](c6ccccc61)[C@H]2[C@@H]54)c1cccc2cccc3c12.C1=C[C@]23O[C@H]1[C@@H]1[C@H]2[C@@]2(O[C@]14c1cccc5cccc(c15)[C@]15O[C@H](c6ccccc61)[C@@H]2[C@H]54)c1cccc2cccc3c12. The van der Waals surface area contributed by atoms with Crippen molar-refractivity contribution in [3.8, 4) is 0 Å². The van der Waals surface area contributed by atoms with Gasteiger partial charge in [0.25, 0.3) is 0 Å². The summed E-state index contributed by atoms with van der Waals surface area (Å²) in [5.41, 5.74) is 12.1. The maximum atomic E-state index is 8.10. The van der Waals surface area contributed by atoms with Crippen LogP contribution in [0.5, 0.6) is 0 Å². The molecule has 0 saturated carbocycles. The number of hydrogen-bond donors (Lipinski definition) is 0. The zero-order chi connectivity index (χ0) is 52.2. The molecular weight excluding hydrogens is 1010 g/mol. The molecule has 6 heteroatoms. The van der Waals surface area contributed by atoms with Gasteiger partial charge in [0.2, 0.25) is 0 Å². The van der Waals surface area contributed by atoms with Crippen LogP contribution in [0.2, 0.25) is 0 Å². The number of hydrogen-bond acceptors (Lipinski definition) is 6. The van der Waals surface area contributed by atoms with Gasteiger partial charge in [-0.15, -0.1) is 0 Å². The Morgan fingerprint density at radius 3 is 0.976 bits per heavy atom. The minimum Gasteiger partial charge on any atom is -0.358 e. The second-order valence-electron chi connectivity index (χ2n) is 27.4. The molecule has 16 aliphatic rings. The van der Waals surface area contributed by atoms with Gasteiger partial charge in [-0.1, -0.05) is 206 Å². The smallest absolute Gasteiger partial charge is 0.126 e. The maximum Gasteiger partial charge on any atom is 0.126 e. The Bertz CT molecular complexity index is 4650. The fourth-order valence-corrected chi connectivity index (χ4v) is 24.5. The molecule has 12 bridgehead atoms. The Morgan fingerprint density at radius 2 is 0.585 bits per heavy atom. The number of rotatable bonds is 0. The van der Waals surface area contributed by atoms with E-state index < -0.39 is 44.8 Å². The summed E-state index contributed by atoms with van der Waals surface area (Å²) in [7, 11) is 0. The van der Waals surface area contributed by atoms with E-state index in [-0.39, 0.29) is 71.8 Å². The van der Waals surface area contributed by atoms with E-state index in [0.717, 1.165) is 0 Å². The zero-order valence-corrected chi connectivity index (χ0v) is 44.2. The van der Waals surface area contributed by atoms with Crippen LogP contribution in [0, 0.1) is 47.3 Å². The van der Waals surface area contributed by atoms with Crippen molar-refractivity contribution in [2.24, 2.45) is 47.3 Å². The van der Waals surface area contributed by atoms with Gasteiger partial charge in [0.1, 0.15) is 44.8 Å². The van der Waals surface area contributed by atoms with Gasteiger partial charge >= 0.3 is 0 Å². The monoisotopic (exact) mass is 1060 g/mol. The van der Waals surface area contributed by atoms with Crippen LogP contribution in [0.15, 0.2) is 218 Å². The molecule has 8 fully saturated rings. The normalized spacial score (nSPS) is 44.6. The Balaban J connectivity index is 0.000000105. The average molecular weight is 1060 g/mol. The van der Waals surface area contributed by atoms with Crippen LogP contribution in [0.1, 0.15) is 79.0 Å². The molecule has 20 atom stereocenters. The van der Waals surface area contributed by atoms with Crippen molar-refractivity contribution in [3.63, 3.8) is 0 Å². The molecule has 0 aromatic heterocycles. The van der Waals surface area contributed by atoms with Crippen molar-refractivity contribution in [2.45, 2.75) is 69.2 Å². The van der Waals surface area contributed by atoms with Crippen molar-refractivity contribution in [2.75, 3.05) is 0 Å². The van der Waals surface area contributed by atoms with E-state index in [9.17, 15) is 0 Å². The Labute approximate surface area is 470 Å². The van der Waals surface area contributed by atoms with E-state index >= 15 is 0 Å². The average Bonchev–Trinajstić information content (AvgIpc) is 1.43. The lowest BCUT2D eigenvalue weighted by Gasteiger charge is -2.56. The highest BCUT2D eigenvalue weighted by molar-refractivity contribution is 5.98. The molecule has 8 saturated heterocycles. The molecular formula is C76H48O6. The Hall–Kier alpha value is -7.52. The molecule has 26 rings (SSSR count). The van der Waals surface area contributed by atoms with Gasteiger partial charge in [0.05, 0.1) is 24.4 Å². The minimum absolute atomic E-state index is 0.0133. The predicted molar refractivity (Wildman–Crippen MR) is 306 cm³/mol. The van der Waals surface area contributed by atoms with Crippen LogP contribution >= 0.6 is 0 Å². The first-order valence-corrected chi connectivity index (χ1v) is 30.3. The summed E-state index contributed by atoms with van der Waals surface area (Å²) in [6, 6.07) is 72.9.